The van der Waals surface area contributed by atoms with Crippen molar-refractivity contribution in [2.24, 2.45) is 5.92 Å². The summed E-state index contributed by atoms with van der Waals surface area (Å²) < 4.78 is 109. The van der Waals surface area contributed by atoms with Gasteiger partial charge in [0, 0.05) is 13.0 Å². The summed E-state index contributed by atoms with van der Waals surface area (Å²) in [5, 5.41) is 9.79. The number of nitrogens with zero attached hydrogens (tertiary/aromatic N) is 1. The predicted molar refractivity (Wildman–Crippen MR) is 114 cm³/mol. The summed E-state index contributed by atoms with van der Waals surface area (Å²) >= 11 is 0. The van der Waals surface area contributed by atoms with E-state index < -0.39 is 54.5 Å². The number of aliphatic hydroxyl groups is 1. The van der Waals surface area contributed by atoms with Crippen LogP contribution in [0.25, 0.3) is 0 Å². The summed E-state index contributed by atoms with van der Waals surface area (Å²) in [6.07, 6.45) is -12.1. The number of hydrogen-bond acceptors (Lipinski definition) is 2. The lowest BCUT2D eigenvalue weighted by Crippen LogP contribution is -2.52. The fourth-order valence-electron chi connectivity index (χ4n) is 4.31. The Morgan fingerprint density at radius 1 is 0.943 bits per heavy atom. The first-order valence-electron chi connectivity index (χ1n) is 10.6. The minimum atomic E-state index is -5.01. The van der Waals surface area contributed by atoms with Gasteiger partial charge in [0.05, 0.1) is 11.5 Å². The lowest BCUT2D eigenvalue weighted by Gasteiger charge is -2.46. The van der Waals surface area contributed by atoms with Gasteiger partial charge in [-0.25, -0.2) is 8.78 Å². The second-order valence-electron chi connectivity index (χ2n) is 8.53. The summed E-state index contributed by atoms with van der Waals surface area (Å²) in [5.41, 5.74) is -1.38. The molecule has 1 aliphatic carbocycles. The van der Waals surface area contributed by atoms with Gasteiger partial charge in [0.25, 0.3) is 0 Å². The van der Waals surface area contributed by atoms with Gasteiger partial charge in [-0.2, -0.15) is 26.3 Å². The average Bonchev–Trinajstić information content (AvgIpc) is 2.77. The molecule has 10 heteroatoms. The van der Waals surface area contributed by atoms with Crippen LogP contribution in [0.5, 0.6) is 0 Å². The van der Waals surface area contributed by atoms with Crippen molar-refractivity contribution in [2.75, 3.05) is 13.6 Å². The fourth-order valence-corrected chi connectivity index (χ4v) is 4.31. The third-order valence-electron chi connectivity index (χ3n) is 6.11. The molecule has 1 aliphatic rings. The van der Waals surface area contributed by atoms with Crippen LogP contribution in [-0.2, 0) is 12.0 Å². The number of halogens is 8. The van der Waals surface area contributed by atoms with Crippen LogP contribution in [0.1, 0.15) is 17.5 Å². The minimum absolute atomic E-state index is 0.137. The van der Waals surface area contributed by atoms with E-state index in [-0.39, 0.29) is 17.6 Å². The highest BCUT2D eigenvalue weighted by atomic mass is 19.4. The third kappa shape index (κ3) is 6.10. The van der Waals surface area contributed by atoms with Gasteiger partial charge in [-0.05, 0) is 48.4 Å². The zero-order chi connectivity index (χ0) is 26.0. The molecule has 0 saturated heterocycles. The molecule has 0 fully saturated rings. The standard InChI is InChI=1S/C25H23F8NO/c1-34(15-22(35)25(31,32)33)23(14-16-5-3-2-4-6-16,17-7-9-20(26)10-8-17)18-11-19(24(28,29)30)13-21(27)12-18/h2-12,19,22,35H,13-15H2,1H3/t19?,22-,23-/m1/s1. The van der Waals surface area contributed by atoms with Gasteiger partial charge in [-0.15, -0.1) is 0 Å². The normalized spacial score (nSPS) is 19.7. The molecule has 2 aromatic rings. The Morgan fingerprint density at radius 3 is 2.09 bits per heavy atom. The molecule has 1 unspecified atom stereocenters. The molecule has 35 heavy (non-hydrogen) atoms. The Bertz CT molecular complexity index is 1060. The number of benzene rings is 2. The summed E-state index contributed by atoms with van der Waals surface area (Å²) in [6.45, 7) is -1.03. The summed E-state index contributed by atoms with van der Waals surface area (Å²) in [7, 11) is 1.20. The largest absolute Gasteiger partial charge is 0.415 e. The molecule has 3 atom stereocenters. The van der Waals surface area contributed by atoms with Crippen molar-refractivity contribution < 1.29 is 40.2 Å². The zero-order valence-corrected chi connectivity index (χ0v) is 18.5. The van der Waals surface area contributed by atoms with Crippen LogP contribution in [-0.4, -0.2) is 42.1 Å². The molecule has 190 valence electrons. The smallest absolute Gasteiger partial charge is 0.382 e. The quantitative estimate of drug-likeness (QED) is 0.436. The Hall–Kier alpha value is -2.72. The number of alkyl halides is 6. The van der Waals surface area contributed by atoms with Gasteiger partial charge in [-0.3, -0.25) is 4.90 Å². The van der Waals surface area contributed by atoms with E-state index in [4.69, 9.17) is 0 Å². The molecular weight excluding hydrogens is 482 g/mol. The van der Waals surface area contributed by atoms with Crippen LogP contribution in [0, 0.1) is 11.7 Å². The molecule has 0 aromatic heterocycles. The van der Waals surface area contributed by atoms with Crippen molar-refractivity contribution in [2.45, 2.75) is 36.8 Å². The van der Waals surface area contributed by atoms with Crippen molar-refractivity contribution in [1.29, 1.82) is 0 Å². The Kier molecular flexibility index (Phi) is 7.76. The fraction of sp³-hybridized carbons (Fsp3) is 0.360. The van der Waals surface area contributed by atoms with E-state index in [1.807, 2.05) is 0 Å². The first-order valence-corrected chi connectivity index (χ1v) is 10.6. The highest BCUT2D eigenvalue weighted by Gasteiger charge is 2.48. The maximum atomic E-state index is 14.6. The summed E-state index contributed by atoms with van der Waals surface area (Å²) in [4.78, 5) is 1.04. The molecule has 1 N–H and O–H groups in total. The first kappa shape index (κ1) is 26.9. The highest BCUT2D eigenvalue weighted by molar-refractivity contribution is 5.46. The van der Waals surface area contributed by atoms with Gasteiger partial charge >= 0.3 is 12.4 Å². The second kappa shape index (κ2) is 10.1. The molecule has 0 saturated carbocycles. The minimum Gasteiger partial charge on any atom is -0.382 e. The predicted octanol–water partition coefficient (Wildman–Crippen LogP) is 6.48. The molecule has 0 spiro atoms. The number of hydrogen-bond donors (Lipinski definition) is 1. The topological polar surface area (TPSA) is 23.5 Å². The number of rotatable bonds is 7. The van der Waals surface area contributed by atoms with E-state index in [0.29, 0.717) is 5.56 Å². The molecule has 0 bridgehead atoms. The maximum absolute atomic E-state index is 14.6. The van der Waals surface area contributed by atoms with Gasteiger partial charge in [0.1, 0.15) is 11.6 Å². The lowest BCUT2D eigenvalue weighted by molar-refractivity contribution is -0.210. The lowest BCUT2D eigenvalue weighted by atomic mass is 9.73. The van der Waals surface area contributed by atoms with Crippen molar-refractivity contribution >= 4 is 0 Å². The van der Waals surface area contributed by atoms with E-state index in [1.54, 1.807) is 30.3 Å². The van der Waals surface area contributed by atoms with Gasteiger partial charge in [0.15, 0.2) is 6.10 Å². The number of likely N-dealkylation sites (N-methyl/N-ethyl adjacent to an activating group) is 1. The zero-order valence-electron chi connectivity index (χ0n) is 18.5. The van der Waals surface area contributed by atoms with Crippen molar-refractivity contribution in [3.8, 4) is 0 Å². The number of allylic oxidation sites excluding steroid dienone is 2. The second-order valence-corrected chi connectivity index (χ2v) is 8.53. The Labute approximate surface area is 197 Å². The van der Waals surface area contributed by atoms with Crippen molar-refractivity contribution in [3.63, 3.8) is 0 Å². The summed E-state index contributed by atoms with van der Waals surface area (Å²) in [5.74, 6) is -3.97. The van der Waals surface area contributed by atoms with Gasteiger partial charge in [-0.1, -0.05) is 48.5 Å². The molecule has 0 radical (unpaired) electrons. The number of aliphatic hydroxyl groups excluding tert-OH is 1. The van der Waals surface area contributed by atoms with Crippen LogP contribution in [0.2, 0.25) is 0 Å². The molecular formula is C25H23F8NO. The van der Waals surface area contributed by atoms with Crippen molar-refractivity contribution in [1.82, 2.24) is 4.90 Å². The maximum Gasteiger partial charge on any atom is 0.415 e. The summed E-state index contributed by atoms with van der Waals surface area (Å²) in [6, 6.07) is 12.7. The Balaban J connectivity index is 2.28. The van der Waals surface area contributed by atoms with E-state index in [0.717, 1.165) is 29.2 Å². The third-order valence-corrected chi connectivity index (χ3v) is 6.11. The van der Waals surface area contributed by atoms with Crippen LogP contribution in [0.4, 0.5) is 35.1 Å². The van der Waals surface area contributed by atoms with E-state index in [1.165, 1.54) is 19.2 Å². The van der Waals surface area contributed by atoms with E-state index >= 15 is 0 Å². The monoisotopic (exact) mass is 505 g/mol. The SMILES string of the molecule is CN(C[C@@H](O)C(F)(F)F)[C@@](Cc1ccccc1)(C1=CC(C(F)(F)F)CC(F)=C1)c1ccc(F)cc1. The van der Waals surface area contributed by atoms with Crippen LogP contribution >= 0.6 is 0 Å². The molecule has 0 aliphatic heterocycles. The highest BCUT2D eigenvalue weighted by Crippen LogP contribution is 2.46. The van der Waals surface area contributed by atoms with E-state index in [9.17, 15) is 40.2 Å². The van der Waals surface area contributed by atoms with Crippen molar-refractivity contribution in [3.05, 3.63) is 95.1 Å². The molecule has 2 nitrogen and oxygen atoms in total. The molecule has 2 aromatic carbocycles. The van der Waals surface area contributed by atoms with Crippen LogP contribution in [0.15, 0.2) is 78.1 Å². The molecule has 0 amide bonds. The molecule has 0 heterocycles. The van der Waals surface area contributed by atoms with Crippen LogP contribution < -0.4 is 0 Å². The first-order chi connectivity index (χ1) is 16.2. The van der Waals surface area contributed by atoms with Gasteiger partial charge < -0.3 is 5.11 Å². The van der Waals surface area contributed by atoms with E-state index in [2.05, 4.69) is 0 Å². The van der Waals surface area contributed by atoms with Gasteiger partial charge in [0.2, 0.25) is 0 Å². The molecule has 3 rings (SSSR count). The Morgan fingerprint density at radius 2 is 1.54 bits per heavy atom. The average molecular weight is 505 g/mol. The van der Waals surface area contributed by atoms with Crippen LogP contribution in [0.3, 0.4) is 0 Å².